The average Bonchev–Trinajstić information content (AvgIpc) is 2.75. The van der Waals surface area contributed by atoms with E-state index in [4.69, 9.17) is 4.74 Å². The van der Waals surface area contributed by atoms with Crippen molar-refractivity contribution in [2.45, 2.75) is 18.7 Å². The van der Waals surface area contributed by atoms with Gasteiger partial charge in [-0.15, -0.1) is 0 Å². The monoisotopic (exact) mass is 442 g/mol. The van der Waals surface area contributed by atoms with Crippen molar-refractivity contribution in [2.24, 2.45) is 0 Å². The molecule has 0 heterocycles. The molecule has 3 rings (SSSR count). The second-order valence-electron chi connectivity index (χ2n) is 6.98. The standard InChI is InChI=1S/C23H23FN2O4S/c1-16-5-4-6-17(2)23(16)25-22(27)15-26(19-9-11-20(30-3)12-10-19)31(28,29)21-13-7-18(24)8-14-21/h4-14H,15H2,1-3H3,(H,25,27). The number of para-hydroxylation sites is 1. The highest BCUT2D eigenvalue weighted by molar-refractivity contribution is 7.92. The van der Waals surface area contributed by atoms with Gasteiger partial charge in [0, 0.05) is 5.69 Å². The van der Waals surface area contributed by atoms with Gasteiger partial charge in [-0.25, -0.2) is 12.8 Å². The molecule has 0 aliphatic rings. The van der Waals surface area contributed by atoms with Crippen molar-refractivity contribution < 1.29 is 22.3 Å². The highest BCUT2D eigenvalue weighted by atomic mass is 32.2. The number of nitrogens with one attached hydrogen (secondary N) is 1. The SMILES string of the molecule is COc1ccc(N(CC(=O)Nc2c(C)cccc2C)S(=O)(=O)c2ccc(F)cc2)cc1. The molecule has 31 heavy (non-hydrogen) atoms. The van der Waals surface area contributed by atoms with E-state index in [-0.39, 0.29) is 10.6 Å². The summed E-state index contributed by atoms with van der Waals surface area (Å²) in [4.78, 5) is 12.7. The average molecular weight is 443 g/mol. The van der Waals surface area contributed by atoms with Gasteiger partial charge in [0.2, 0.25) is 5.91 Å². The second-order valence-corrected chi connectivity index (χ2v) is 8.84. The third-order valence-electron chi connectivity index (χ3n) is 4.79. The van der Waals surface area contributed by atoms with E-state index in [0.29, 0.717) is 11.4 Å². The molecular weight excluding hydrogens is 419 g/mol. The number of carbonyl (C=O) groups is 1. The predicted molar refractivity (Wildman–Crippen MR) is 118 cm³/mol. The molecular formula is C23H23FN2O4S. The van der Waals surface area contributed by atoms with E-state index in [1.54, 1.807) is 24.3 Å². The van der Waals surface area contributed by atoms with Gasteiger partial charge in [-0.05, 0) is 73.5 Å². The number of amides is 1. The van der Waals surface area contributed by atoms with Crippen LogP contribution in [0.2, 0.25) is 0 Å². The minimum absolute atomic E-state index is 0.121. The molecule has 0 atom stereocenters. The van der Waals surface area contributed by atoms with E-state index in [0.717, 1.165) is 27.6 Å². The van der Waals surface area contributed by atoms with Gasteiger partial charge < -0.3 is 10.1 Å². The van der Waals surface area contributed by atoms with Crippen LogP contribution in [0.1, 0.15) is 11.1 Å². The first-order valence-electron chi connectivity index (χ1n) is 9.51. The number of rotatable bonds is 7. The normalized spacial score (nSPS) is 11.1. The number of sulfonamides is 1. The maximum absolute atomic E-state index is 13.3. The molecule has 3 aromatic carbocycles. The first-order valence-corrected chi connectivity index (χ1v) is 10.9. The molecule has 0 aliphatic heterocycles. The lowest BCUT2D eigenvalue weighted by Gasteiger charge is -2.24. The zero-order chi connectivity index (χ0) is 22.6. The summed E-state index contributed by atoms with van der Waals surface area (Å²) in [6, 6.07) is 16.4. The van der Waals surface area contributed by atoms with E-state index >= 15 is 0 Å². The number of aryl methyl sites for hydroxylation is 2. The number of halogens is 1. The van der Waals surface area contributed by atoms with Crippen LogP contribution >= 0.6 is 0 Å². The molecule has 0 saturated carbocycles. The zero-order valence-electron chi connectivity index (χ0n) is 17.4. The van der Waals surface area contributed by atoms with Crippen LogP contribution in [0, 0.1) is 19.7 Å². The molecule has 1 N–H and O–H groups in total. The number of hydrogen-bond acceptors (Lipinski definition) is 4. The Morgan fingerprint density at radius 2 is 1.55 bits per heavy atom. The molecule has 1 amide bonds. The number of nitrogens with zero attached hydrogens (tertiary/aromatic N) is 1. The van der Waals surface area contributed by atoms with E-state index in [9.17, 15) is 17.6 Å². The topological polar surface area (TPSA) is 75.7 Å². The Kier molecular flexibility index (Phi) is 6.60. The smallest absolute Gasteiger partial charge is 0.264 e. The van der Waals surface area contributed by atoms with Crippen LogP contribution < -0.4 is 14.4 Å². The molecule has 0 aromatic heterocycles. The summed E-state index contributed by atoms with van der Waals surface area (Å²) in [6.07, 6.45) is 0. The lowest BCUT2D eigenvalue weighted by Crippen LogP contribution is -2.38. The summed E-state index contributed by atoms with van der Waals surface area (Å²) in [6.45, 7) is 3.26. The molecule has 6 nitrogen and oxygen atoms in total. The molecule has 0 spiro atoms. The lowest BCUT2D eigenvalue weighted by atomic mass is 10.1. The molecule has 3 aromatic rings. The van der Waals surface area contributed by atoms with Gasteiger partial charge in [0.1, 0.15) is 18.1 Å². The van der Waals surface area contributed by atoms with Crippen LogP contribution in [-0.4, -0.2) is 28.0 Å². The Bertz CT molecular complexity index is 1160. The molecule has 0 bridgehead atoms. The Balaban J connectivity index is 1.97. The maximum Gasteiger partial charge on any atom is 0.264 e. The van der Waals surface area contributed by atoms with E-state index in [1.165, 1.54) is 19.2 Å². The second kappa shape index (κ2) is 9.18. The van der Waals surface area contributed by atoms with Crippen molar-refractivity contribution in [1.82, 2.24) is 0 Å². The molecule has 0 fully saturated rings. The molecule has 0 saturated heterocycles. The largest absolute Gasteiger partial charge is 0.497 e. The minimum atomic E-state index is -4.13. The van der Waals surface area contributed by atoms with Crippen LogP contribution in [0.25, 0.3) is 0 Å². The minimum Gasteiger partial charge on any atom is -0.497 e. The quantitative estimate of drug-likeness (QED) is 0.592. The first kappa shape index (κ1) is 22.3. The van der Waals surface area contributed by atoms with Crippen molar-refractivity contribution in [2.75, 3.05) is 23.3 Å². The summed E-state index contributed by atoms with van der Waals surface area (Å²) >= 11 is 0. The number of anilines is 2. The fraction of sp³-hybridized carbons (Fsp3) is 0.174. The number of methoxy groups -OCH3 is 1. The number of carbonyl (C=O) groups excluding carboxylic acids is 1. The van der Waals surface area contributed by atoms with Crippen LogP contribution in [-0.2, 0) is 14.8 Å². The molecule has 0 unspecified atom stereocenters. The van der Waals surface area contributed by atoms with Crippen LogP contribution in [0.5, 0.6) is 5.75 Å². The van der Waals surface area contributed by atoms with E-state index in [2.05, 4.69) is 5.32 Å². The lowest BCUT2D eigenvalue weighted by molar-refractivity contribution is -0.114. The third-order valence-corrected chi connectivity index (χ3v) is 6.58. The Morgan fingerprint density at radius 1 is 0.968 bits per heavy atom. The molecule has 8 heteroatoms. The first-order chi connectivity index (χ1) is 14.7. The molecule has 162 valence electrons. The number of hydrogen-bond donors (Lipinski definition) is 1. The summed E-state index contributed by atoms with van der Waals surface area (Å²) < 4.78 is 46.1. The van der Waals surface area contributed by atoms with Crippen LogP contribution in [0.15, 0.2) is 71.6 Å². The van der Waals surface area contributed by atoms with Crippen molar-refractivity contribution in [1.29, 1.82) is 0 Å². The van der Waals surface area contributed by atoms with Crippen molar-refractivity contribution in [3.63, 3.8) is 0 Å². The van der Waals surface area contributed by atoms with Gasteiger partial charge in [-0.3, -0.25) is 9.10 Å². The number of benzene rings is 3. The van der Waals surface area contributed by atoms with E-state index in [1.807, 2.05) is 32.0 Å². The van der Waals surface area contributed by atoms with Gasteiger partial charge in [0.15, 0.2) is 0 Å². The highest BCUT2D eigenvalue weighted by Crippen LogP contribution is 2.26. The van der Waals surface area contributed by atoms with Crippen molar-refractivity contribution in [3.8, 4) is 5.75 Å². The Labute approximate surface area is 181 Å². The van der Waals surface area contributed by atoms with Crippen LogP contribution in [0.3, 0.4) is 0 Å². The molecule has 0 aliphatic carbocycles. The van der Waals surface area contributed by atoms with Gasteiger partial charge in [-0.1, -0.05) is 18.2 Å². The van der Waals surface area contributed by atoms with Gasteiger partial charge in [0.25, 0.3) is 10.0 Å². The fourth-order valence-electron chi connectivity index (χ4n) is 3.12. The summed E-state index contributed by atoms with van der Waals surface area (Å²) in [7, 11) is -2.63. The maximum atomic E-state index is 13.3. The third kappa shape index (κ3) is 5.03. The zero-order valence-corrected chi connectivity index (χ0v) is 18.2. The van der Waals surface area contributed by atoms with Crippen molar-refractivity contribution >= 4 is 27.3 Å². The number of ether oxygens (including phenoxy) is 1. The van der Waals surface area contributed by atoms with Gasteiger partial charge in [0.05, 0.1) is 17.7 Å². The molecule has 0 radical (unpaired) electrons. The highest BCUT2D eigenvalue weighted by Gasteiger charge is 2.27. The van der Waals surface area contributed by atoms with Gasteiger partial charge in [-0.2, -0.15) is 0 Å². The summed E-state index contributed by atoms with van der Waals surface area (Å²) in [5.41, 5.74) is 2.65. The van der Waals surface area contributed by atoms with Gasteiger partial charge >= 0.3 is 0 Å². The summed E-state index contributed by atoms with van der Waals surface area (Å²) in [5, 5.41) is 2.80. The van der Waals surface area contributed by atoms with E-state index < -0.39 is 28.3 Å². The summed E-state index contributed by atoms with van der Waals surface area (Å²) in [5.74, 6) is -0.510. The van der Waals surface area contributed by atoms with Crippen LogP contribution in [0.4, 0.5) is 15.8 Å². The predicted octanol–water partition coefficient (Wildman–Crippen LogP) is 4.29. The Hall–Kier alpha value is -3.39. The Morgan fingerprint density at radius 3 is 2.10 bits per heavy atom. The fourth-order valence-corrected chi connectivity index (χ4v) is 4.54. The van der Waals surface area contributed by atoms with Crippen molar-refractivity contribution in [3.05, 3.63) is 83.7 Å².